The van der Waals surface area contributed by atoms with E-state index in [2.05, 4.69) is 26.1 Å². The van der Waals surface area contributed by atoms with Gasteiger partial charge in [-0.05, 0) is 72.2 Å². The van der Waals surface area contributed by atoms with Crippen molar-refractivity contribution in [2.24, 2.45) is 23.2 Å². The summed E-state index contributed by atoms with van der Waals surface area (Å²) in [4.78, 5) is 0. The Morgan fingerprint density at radius 2 is 1.87 bits per heavy atom. The van der Waals surface area contributed by atoms with Crippen molar-refractivity contribution in [2.45, 2.75) is 38.5 Å². The number of nitrogen functional groups attached to an aromatic ring is 1. The third-order valence-electron chi connectivity index (χ3n) is 6.22. The van der Waals surface area contributed by atoms with Crippen LogP contribution in [0.2, 0.25) is 0 Å². The summed E-state index contributed by atoms with van der Waals surface area (Å²) in [5, 5.41) is 8.00. The molecule has 2 heterocycles. The van der Waals surface area contributed by atoms with Gasteiger partial charge in [0.1, 0.15) is 12.0 Å². The van der Waals surface area contributed by atoms with Crippen molar-refractivity contribution in [1.29, 1.82) is 0 Å². The molecule has 4 saturated carbocycles. The number of pyridine rings is 1. The highest BCUT2D eigenvalue weighted by molar-refractivity contribution is 9.10. The average molecular weight is 377 g/mol. The molecule has 0 amide bonds. The van der Waals surface area contributed by atoms with Crippen LogP contribution in [-0.4, -0.2) is 21.2 Å². The van der Waals surface area contributed by atoms with Crippen molar-refractivity contribution in [3.8, 4) is 5.75 Å². The van der Waals surface area contributed by atoms with Crippen LogP contribution in [0.15, 0.2) is 17.0 Å². The molecule has 4 fully saturated rings. The van der Waals surface area contributed by atoms with Gasteiger partial charge in [-0.15, -0.1) is 10.2 Å². The number of anilines is 1. The molecule has 0 aliphatic heterocycles. The molecule has 4 bridgehead atoms. The van der Waals surface area contributed by atoms with Gasteiger partial charge in [0, 0.05) is 11.6 Å². The molecule has 6 heteroatoms. The highest BCUT2D eigenvalue weighted by Crippen LogP contribution is 2.60. The minimum absolute atomic E-state index is 0.375. The smallest absolute Gasteiger partial charge is 0.187 e. The third kappa shape index (κ3) is 2.17. The fraction of sp³-hybridized carbons (Fsp3) is 0.647. The summed E-state index contributed by atoms with van der Waals surface area (Å²) in [5.74, 6) is 3.53. The van der Waals surface area contributed by atoms with Crippen LogP contribution in [0.25, 0.3) is 5.65 Å². The summed E-state index contributed by atoms with van der Waals surface area (Å²) < 4.78 is 8.96. The van der Waals surface area contributed by atoms with Gasteiger partial charge in [0.2, 0.25) is 0 Å². The molecule has 0 radical (unpaired) electrons. The molecule has 5 nitrogen and oxygen atoms in total. The molecule has 2 N–H and O–H groups in total. The number of fused-ring (bicyclic) bond motifs is 1. The molecule has 4 aliphatic carbocycles. The van der Waals surface area contributed by atoms with E-state index >= 15 is 0 Å². The Morgan fingerprint density at radius 1 is 1.22 bits per heavy atom. The van der Waals surface area contributed by atoms with Crippen LogP contribution in [0.1, 0.15) is 38.5 Å². The number of halogens is 1. The van der Waals surface area contributed by atoms with Gasteiger partial charge in [-0.1, -0.05) is 0 Å². The van der Waals surface area contributed by atoms with Crippen LogP contribution >= 0.6 is 15.9 Å². The zero-order valence-corrected chi connectivity index (χ0v) is 14.6. The molecular weight excluding hydrogens is 356 g/mol. The van der Waals surface area contributed by atoms with E-state index in [0.717, 1.165) is 34.6 Å². The second kappa shape index (κ2) is 4.85. The first kappa shape index (κ1) is 14.1. The maximum atomic E-state index is 6.28. The summed E-state index contributed by atoms with van der Waals surface area (Å²) in [7, 11) is 0. The molecule has 0 aromatic carbocycles. The number of nitrogens with zero attached hydrogens (tertiary/aromatic N) is 3. The monoisotopic (exact) mass is 376 g/mol. The van der Waals surface area contributed by atoms with Gasteiger partial charge in [-0.3, -0.25) is 4.40 Å². The number of hydrogen-bond acceptors (Lipinski definition) is 4. The lowest BCUT2D eigenvalue weighted by Crippen LogP contribution is -2.48. The Balaban J connectivity index is 1.42. The molecule has 122 valence electrons. The molecule has 23 heavy (non-hydrogen) atoms. The Labute approximate surface area is 143 Å². The summed E-state index contributed by atoms with van der Waals surface area (Å²) >= 11 is 3.58. The van der Waals surface area contributed by atoms with Crippen molar-refractivity contribution in [2.75, 3.05) is 12.3 Å². The number of rotatable bonds is 3. The van der Waals surface area contributed by atoms with E-state index in [-0.39, 0.29) is 0 Å². The minimum atomic E-state index is 0.375. The summed E-state index contributed by atoms with van der Waals surface area (Å²) in [6.45, 7) is 0.781. The quantitative estimate of drug-likeness (QED) is 0.887. The van der Waals surface area contributed by atoms with Gasteiger partial charge in [0.15, 0.2) is 11.4 Å². The van der Waals surface area contributed by atoms with E-state index in [4.69, 9.17) is 10.5 Å². The van der Waals surface area contributed by atoms with Gasteiger partial charge in [-0.25, -0.2) is 0 Å². The van der Waals surface area contributed by atoms with E-state index in [9.17, 15) is 0 Å². The summed E-state index contributed by atoms with van der Waals surface area (Å²) in [6.07, 6.45) is 11.9. The highest BCUT2D eigenvalue weighted by Gasteiger charge is 2.51. The van der Waals surface area contributed by atoms with Crippen LogP contribution in [0.4, 0.5) is 5.69 Å². The zero-order valence-electron chi connectivity index (χ0n) is 13.0. The van der Waals surface area contributed by atoms with Crippen molar-refractivity contribution in [3.63, 3.8) is 0 Å². The topological polar surface area (TPSA) is 65.4 Å². The highest BCUT2D eigenvalue weighted by atomic mass is 79.9. The SMILES string of the molecule is Nc1c(OCC23CC4CC(CC(C4)C2)C3)c(Br)cn2cnnc12. The molecule has 6 rings (SSSR count). The summed E-state index contributed by atoms with van der Waals surface area (Å²) in [6, 6.07) is 0. The normalized spacial score (nSPS) is 35.1. The molecule has 0 unspecified atom stereocenters. The van der Waals surface area contributed by atoms with Crippen LogP contribution in [-0.2, 0) is 0 Å². The lowest BCUT2D eigenvalue weighted by atomic mass is 9.50. The number of nitrogens with two attached hydrogens (primary N) is 1. The van der Waals surface area contributed by atoms with Crippen molar-refractivity contribution >= 4 is 27.3 Å². The van der Waals surface area contributed by atoms with Crippen LogP contribution in [0.5, 0.6) is 5.75 Å². The predicted molar refractivity (Wildman–Crippen MR) is 91.2 cm³/mol. The molecule has 0 atom stereocenters. The standard InChI is InChI=1S/C17H21BrN4O/c18-13-7-22-9-20-21-16(22)14(19)15(13)23-8-17-4-10-1-11(5-17)3-12(2-10)6-17/h7,9-12H,1-6,8,19H2. The van der Waals surface area contributed by atoms with Crippen molar-refractivity contribution in [1.82, 2.24) is 14.6 Å². The second-order valence-electron chi connectivity index (χ2n) is 7.99. The molecule has 0 spiro atoms. The van der Waals surface area contributed by atoms with Crippen LogP contribution in [0, 0.1) is 23.2 Å². The van der Waals surface area contributed by atoms with Gasteiger partial charge in [-0.2, -0.15) is 0 Å². The molecule has 2 aromatic rings. The summed E-state index contributed by atoms with van der Waals surface area (Å²) in [5.41, 5.74) is 7.87. The first-order chi connectivity index (χ1) is 11.1. The molecular formula is C17H21BrN4O. The van der Waals surface area contributed by atoms with Crippen molar-refractivity contribution < 1.29 is 4.74 Å². The van der Waals surface area contributed by atoms with E-state index in [1.807, 2.05) is 10.6 Å². The first-order valence-electron chi connectivity index (χ1n) is 8.52. The largest absolute Gasteiger partial charge is 0.489 e. The van der Waals surface area contributed by atoms with E-state index in [1.54, 1.807) is 6.33 Å². The number of aromatic nitrogens is 3. The van der Waals surface area contributed by atoms with E-state index in [0.29, 0.717) is 16.7 Å². The zero-order chi connectivity index (χ0) is 15.6. The predicted octanol–water partition coefficient (Wildman–Crippen LogP) is 3.67. The maximum absolute atomic E-state index is 6.28. The lowest BCUT2D eigenvalue weighted by molar-refractivity contribution is -0.0745. The molecule has 0 saturated heterocycles. The fourth-order valence-corrected chi connectivity index (χ4v) is 6.33. The average Bonchev–Trinajstić information content (AvgIpc) is 2.93. The van der Waals surface area contributed by atoms with E-state index in [1.165, 1.54) is 38.5 Å². The molecule has 4 aliphatic rings. The maximum Gasteiger partial charge on any atom is 0.187 e. The van der Waals surface area contributed by atoms with Gasteiger partial charge in [0.25, 0.3) is 0 Å². The van der Waals surface area contributed by atoms with Crippen molar-refractivity contribution in [3.05, 3.63) is 17.0 Å². The minimum Gasteiger partial charge on any atom is -0.489 e. The van der Waals surface area contributed by atoms with Crippen LogP contribution in [0.3, 0.4) is 0 Å². The lowest BCUT2D eigenvalue weighted by Gasteiger charge is -2.56. The number of ether oxygens (including phenoxy) is 1. The first-order valence-corrected chi connectivity index (χ1v) is 9.31. The van der Waals surface area contributed by atoms with Gasteiger partial charge >= 0.3 is 0 Å². The Kier molecular flexibility index (Phi) is 2.97. The van der Waals surface area contributed by atoms with Gasteiger partial charge in [0.05, 0.1) is 11.1 Å². The van der Waals surface area contributed by atoms with Gasteiger partial charge < -0.3 is 10.5 Å². The second-order valence-corrected chi connectivity index (χ2v) is 8.84. The fourth-order valence-electron chi connectivity index (χ4n) is 5.78. The third-order valence-corrected chi connectivity index (χ3v) is 6.78. The molecule has 2 aromatic heterocycles. The Hall–Kier alpha value is -1.30. The van der Waals surface area contributed by atoms with E-state index < -0.39 is 0 Å². The Morgan fingerprint density at radius 3 is 2.52 bits per heavy atom. The Bertz CT molecular complexity index is 736. The number of hydrogen-bond donors (Lipinski definition) is 1. The van der Waals surface area contributed by atoms with Crippen LogP contribution < -0.4 is 10.5 Å².